The fourth-order valence-corrected chi connectivity index (χ4v) is 3.98. The summed E-state index contributed by atoms with van der Waals surface area (Å²) in [7, 11) is 1.27. The highest BCUT2D eigenvalue weighted by Crippen LogP contribution is 2.42. The molecule has 0 spiro atoms. The molecule has 1 aliphatic rings. The van der Waals surface area contributed by atoms with Crippen LogP contribution in [0.1, 0.15) is 27.5 Å². The Morgan fingerprint density at radius 1 is 0.938 bits per heavy atom. The molecule has 1 heterocycles. The van der Waals surface area contributed by atoms with Gasteiger partial charge >= 0.3 is 5.97 Å². The number of esters is 1. The number of rotatable bonds is 4. The van der Waals surface area contributed by atoms with Gasteiger partial charge in [0.2, 0.25) is 0 Å². The van der Waals surface area contributed by atoms with Gasteiger partial charge in [0.1, 0.15) is 5.76 Å². The smallest absolute Gasteiger partial charge is 0.337 e. The topological polar surface area (TPSA) is 83.9 Å². The van der Waals surface area contributed by atoms with Crippen molar-refractivity contribution in [2.45, 2.75) is 6.04 Å². The average Bonchev–Trinajstić information content (AvgIpc) is 3.09. The van der Waals surface area contributed by atoms with Gasteiger partial charge in [-0.05, 0) is 35.9 Å². The Labute approximate surface area is 192 Å². The first-order valence-electron chi connectivity index (χ1n) is 9.72. The molecule has 160 valence electrons. The van der Waals surface area contributed by atoms with Crippen LogP contribution < -0.4 is 4.90 Å². The van der Waals surface area contributed by atoms with Crippen LogP contribution in [-0.4, -0.2) is 29.9 Å². The van der Waals surface area contributed by atoms with Crippen molar-refractivity contribution in [1.29, 1.82) is 0 Å². The Morgan fingerprint density at radius 2 is 1.62 bits per heavy atom. The number of hydrogen-bond acceptors (Lipinski definition) is 5. The van der Waals surface area contributed by atoms with Gasteiger partial charge in [0.15, 0.2) is 0 Å². The third-order valence-electron chi connectivity index (χ3n) is 5.22. The molecule has 32 heavy (non-hydrogen) atoms. The number of carbonyl (C=O) groups is 3. The van der Waals surface area contributed by atoms with Crippen LogP contribution in [0.5, 0.6) is 0 Å². The predicted molar refractivity (Wildman–Crippen MR) is 123 cm³/mol. The van der Waals surface area contributed by atoms with Gasteiger partial charge in [-0.25, -0.2) is 4.79 Å². The SMILES string of the molecule is COC(=O)c1cccc(N2C(=O)C(=O)/C(=C(/O)c3ccc(Br)cc3)C2c2ccccc2)c1. The molecule has 1 fully saturated rings. The minimum Gasteiger partial charge on any atom is -0.507 e. The number of carbonyl (C=O) groups excluding carboxylic acids is 3. The van der Waals surface area contributed by atoms with E-state index in [1.165, 1.54) is 18.1 Å². The van der Waals surface area contributed by atoms with Gasteiger partial charge in [-0.3, -0.25) is 14.5 Å². The first-order chi connectivity index (χ1) is 15.4. The van der Waals surface area contributed by atoms with E-state index in [1.807, 2.05) is 6.07 Å². The summed E-state index contributed by atoms with van der Waals surface area (Å²) in [5.41, 5.74) is 1.63. The largest absolute Gasteiger partial charge is 0.507 e. The third-order valence-corrected chi connectivity index (χ3v) is 5.75. The Morgan fingerprint density at radius 3 is 2.28 bits per heavy atom. The number of Topliss-reactive ketones (excluding diaryl/α,β-unsaturated/α-hetero) is 1. The van der Waals surface area contributed by atoms with E-state index in [1.54, 1.807) is 66.7 Å². The molecule has 1 N–H and O–H groups in total. The lowest BCUT2D eigenvalue weighted by atomic mass is 9.95. The number of methoxy groups -OCH3 is 1. The maximum Gasteiger partial charge on any atom is 0.337 e. The van der Waals surface area contributed by atoms with Crippen molar-refractivity contribution in [3.8, 4) is 0 Å². The second kappa shape index (κ2) is 8.80. The third kappa shape index (κ3) is 3.83. The van der Waals surface area contributed by atoms with Crippen LogP contribution in [-0.2, 0) is 14.3 Å². The number of benzene rings is 3. The maximum absolute atomic E-state index is 13.1. The fourth-order valence-electron chi connectivity index (χ4n) is 3.71. The highest BCUT2D eigenvalue weighted by molar-refractivity contribution is 9.10. The molecule has 0 saturated carbocycles. The molecule has 0 radical (unpaired) electrons. The molecule has 1 aliphatic heterocycles. The monoisotopic (exact) mass is 491 g/mol. The van der Waals surface area contributed by atoms with E-state index >= 15 is 0 Å². The van der Waals surface area contributed by atoms with E-state index in [0.717, 1.165) is 4.47 Å². The Kier molecular flexibility index (Phi) is 5.92. The molecule has 6 nitrogen and oxygen atoms in total. The number of halogens is 1. The molecule has 0 aromatic heterocycles. The molecule has 0 aliphatic carbocycles. The Hall–Kier alpha value is -3.71. The summed E-state index contributed by atoms with van der Waals surface area (Å²) in [4.78, 5) is 39.6. The molecular weight excluding hydrogens is 474 g/mol. The van der Waals surface area contributed by atoms with Crippen LogP contribution in [0.25, 0.3) is 5.76 Å². The Bertz CT molecular complexity index is 1230. The van der Waals surface area contributed by atoms with Gasteiger partial charge in [-0.15, -0.1) is 0 Å². The lowest BCUT2D eigenvalue weighted by Crippen LogP contribution is -2.29. The van der Waals surface area contributed by atoms with E-state index in [-0.39, 0.29) is 16.9 Å². The van der Waals surface area contributed by atoms with Crippen molar-refractivity contribution in [1.82, 2.24) is 0 Å². The van der Waals surface area contributed by atoms with E-state index in [9.17, 15) is 19.5 Å². The highest BCUT2D eigenvalue weighted by atomic mass is 79.9. The van der Waals surface area contributed by atoms with Crippen molar-refractivity contribution in [2.24, 2.45) is 0 Å². The summed E-state index contributed by atoms with van der Waals surface area (Å²) in [5, 5.41) is 11.1. The average molecular weight is 492 g/mol. The van der Waals surface area contributed by atoms with Crippen LogP contribution in [0.4, 0.5) is 5.69 Å². The van der Waals surface area contributed by atoms with E-state index in [4.69, 9.17) is 4.74 Å². The molecule has 3 aromatic rings. The zero-order valence-electron chi connectivity index (χ0n) is 17.0. The summed E-state index contributed by atoms with van der Waals surface area (Å²) < 4.78 is 5.59. The molecule has 1 amide bonds. The summed E-state index contributed by atoms with van der Waals surface area (Å²) >= 11 is 3.35. The minimum absolute atomic E-state index is 0.0213. The number of amides is 1. The van der Waals surface area contributed by atoms with Gasteiger partial charge in [0, 0.05) is 15.7 Å². The first kappa shape index (κ1) is 21.5. The second-order valence-corrected chi connectivity index (χ2v) is 8.04. The van der Waals surface area contributed by atoms with Crippen LogP contribution in [0.2, 0.25) is 0 Å². The van der Waals surface area contributed by atoms with Gasteiger partial charge in [-0.2, -0.15) is 0 Å². The summed E-state index contributed by atoms with van der Waals surface area (Å²) in [6.07, 6.45) is 0. The van der Waals surface area contributed by atoms with E-state index in [0.29, 0.717) is 16.8 Å². The van der Waals surface area contributed by atoms with E-state index < -0.39 is 23.7 Å². The highest BCUT2D eigenvalue weighted by Gasteiger charge is 2.47. The number of ketones is 1. The predicted octanol–water partition coefficient (Wildman–Crippen LogP) is 4.86. The lowest BCUT2D eigenvalue weighted by molar-refractivity contribution is -0.132. The van der Waals surface area contributed by atoms with Crippen molar-refractivity contribution < 1.29 is 24.2 Å². The molecule has 0 bridgehead atoms. The van der Waals surface area contributed by atoms with Crippen LogP contribution in [0.3, 0.4) is 0 Å². The summed E-state index contributed by atoms with van der Waals surface area (Å²) in [5.74, 6) is -2.42. The minimum atomic E-state index is -0.868. The fraction of sp³-hybridized carbons (Fsp3) is 0.0800. The first-order valence-corrected chi connectivity index (χ1v) is 10.5. The number of aliphatic hydroxyl groups excluding tert-OH is 1. The van der Waals surface area contributed by atoms with Crippen LogP contribution in [0.15, 0.2) is 88.9 Å². The number of aliphatic hydroxyl groups is 1. The zero-order valence-corrected chi connectivity index (χ0v) is 18.6. The summed E-state index contributed by atoms with van der Waals surface area (Å²) in [6.45, 7) is 0. The van der Waals surface area contributed by atoms with E-state index in [2.05, 4.69) is 15.9 Å². The van der Waals surface area contributed by atoms with Crippen LogP contribution in [0, 0.1) is 0 Å². The molecular formula is C25H18BrNO5. The van der Waals surface area contributed by atoms with Gasteiger partial charge in [-0.1, -0.05) is 64.5 Å². The summed E-state index contributed by atoms with van der Waals surface area (Å²) in [6, 6.07) is 21.2. The number of ether oxygens (including phenoxy) is 1. The number of hydrogen-bond donors (Lipinski definition) is 1. The second-order valence-electron chi connectivity index (χ2n) is 7.13. The molecule has 7 heteroatoms. The normalized spacial score (nSPS) is 17.4. The zero-order chi connectivity index (χ0) is 22.8. The lowest BCUT2D eigenvalue weighted by Gasteiger charge is -2.25. The number of anilines is 1. The molecule has 1 atom stereocenters. The van der Waals surface area contributed by atoms with Crippen molar-refractivity contribution in [3.63, 3.8) is 0 Å². The van der Waals surface area contributed by atoms with Gasteiger partial charge in [0.05, 0.1) is 24.3 Å². The molecule has 4 rings (SSSR count). The number of nitrogens with zero attached hydrogens (tertiary/aromatic N) is 1. The van der Waals surface area contributed by atoms with Crippen LogP contribution >= 0.6 is 15.9 Å². The van der Waals surface area contributed by atoms with Gasteiger partial charge in [0.25, 0.3) is 11.7 Å². The molecule has 1 saturated heterocycles. The maximum atomic E-state index is 13.1. The van der Waals surface area contributed by atoms with Crippen molar-refractivity contribution >= 4 is 45.0 Å². The van der Waals surface area contributed by atoms with Crippen molar-refractivity contribution in [3.05, 3.63) is 106 Å². The molecule has 1 unspecified atom stereocenters. The van der Waals surface area contributed by atoms with Gasteiger partial charge < -0.3 is 9.84 Å². The quantitative estimate of drug-likeness (QED) is 0.243. The molecule has 3 aromatic carbocycles. The Balaban J connectivity index is 1.92. The van der Waals surface area contributed by atoms with Crippen molar-refractivity contribution in [2.75, 3.05) is 12.0 Å². The standard InChI is InChI=1S/C25H18BrNO5/c1-32-25(31)17-8-5-9-19(14-17)27-21(15-6-3-2-4-7-15)20(23(29)24(27)30)22(28)16-10-12-18(26)13-11-16/h2-14,21,28H,1H3/b22-20+.